The van der Waals surface area contributed by atoms with E-state index < -0.39 is 17.5 Å². The van der Waals surface area contributed by atoms with Gasteiger partial charge in [0.15, 0.2) is 5.78 Å². The highest BCUT2D eigenvalue weighted by molar-refractivity contribution is 6.09. The number of carbonyl (C=O) groups is 2. The Bertz CT molecular complexity index is 476. The average Bonchev–Trinajstić information content (AvgIpc) is 2.38. The van der Waals surface area contributed by atoms with Crippen LogP contribution in [-0.2, 0) is 9.53 Å². The number of methoxy groups -OCH3 is 1. The molecular formula is C13H14O5. The van der Waals surface area contributed by atoms with Gasteiger partial charge in [0, 0.05) is 6.08 Å². The summed E-state index contributed by atoms with van der Waals surface area (Å²) in [7, 11) is 1.12. The fourth-order valence-corrected chi connectivity index (χ4v) is 1.32. The predicted molar refractivity (Wildman–Crippen MR) is 64.7 cm³/mol. The Morgan fingerprint density at radius 2 is 2.00 bits per heavy atom. The summed E-state index contributed by atoms with van der Waals surface area (Å²) in [5, 5.41) is 9.30. The zero-order valence-corrected chi connectivity index (χ0v) is 10.2. The van der Waals surface area contributed by atoms with Crippen LogP contribution < -0.4 is 4.74 Å². The number of rotatable bonds is 5. The van der Waals surface area contributed by atoms with Crippen molar-refractivity contribution in [3.8, 4) is 5.75 Å². The summed E-state index contributed by atoms with van der Waals surface area (Å²) < 4.78 is 9.56. The molecule has 0 spiro atoms. The van der Waals surface area contributed by atoms with Crippen molar-refractivity contribution in [2.45, 2.75) is 6.92 Å². The van der Waals surface area contributed by atoms with Gasteiger partial charge in [-0.15, -0.1) is 0 Å². The van der Waals surface area contributed by atoms with E-state index in [4.69, 9.17) is 4.74 Å². The molecule has 0 aliphatic rings. The first-order valence-electron chi connectivity index (χ1n) is 5.35. The summed E-state index contributed by atoms with van der Waals surface area (Å²) in [5.74, 6) is -1.83. The molecule has 1 aromatic carbocycles. The molecule has 0 saturated heterocycles. The Kier molecular flexibility index (Phi) is 4.92. The Balaban J connectivity index is 3.00. The molecule has 0 amide bonds. The van der Waals surface area contributed by atoms with Crippen LogP contribution >= 0.6 is 0 Å². The van der Waals surface area contributed by atoms with Crippen LogP contribution in [0.3, 0.4) is 0 Å². The lowest BCUT2D eigenvalue weighted by molar-refractivity contribution is -0.139. The number of allylic oxidation sites excluding steroid dienone is 1. The fourth-order valence-electron chi connectivity index (χ4n) is 1.32. The largest absolute Gasteiger partial charge is 0.502 e. The molecular weight excluding hydrogens is 236 g/mol. The molecule has 0 unspecified atom stereocenters. The third-order valence-corrected chi connectivity index (χ3v) is 2.11. The SMILES string of the molecule is CCOc1ccccc1C(=O)C=C(O)C(=O)OC. The van der Waals surface area contributed by atoms with Crippen molar-refractivity contribution < 1.29 is 24.2 Å². The number of hydrogen-bond donors (Lipinski definition) is 1. The maximum absolute atomic E-state index is 11.8. The predicted octanol–water partition coefficient (Wildman–Crippen LogP) is 1.88. The standard InChI is InChI=1S/C13H14O5/c1-3-18-12-7-5-4-6-9(12)10(14)8-11(15)13(16)17-2/h4-8,15H,3H2,1-2H3. The highest BCUT2D eigenvalue weighted by atomic mass is 16.5. The first-order chi connectivity index (χ1) is 8.60. The summed E-state index contributed by atoms with van der Waals surface area (Å²) in [6.45, 7) is 2.21. The molecule has 1 rings (SSSR count). The van der Waals surface area contributed by atoms with Crippen molar-refractivity contribution in [1.29, 1.82) is 0 Å². The van der Waals surface area contributed by atoms with Crippen molar-refractivity contribution in [2.75, 3.05) is 13.7 Å². The van der Waals surface area contributed by atoms with Crippen LogP contribution in [0, 0.1) is 0 Å². The van der Waals surface area contributed by atoms with E-state index in [9.17, 15) is 14.7 Å². The Hall–Kier alpha value is -2.30. The van der Waals surface area contributed by atoms with E-state index in [2.05, 4.69) is 4.74 Å². The number of esters is 1. The van der Waals surface area contributed by atoms with Gasteiger partial charge in [-0.2, -0.15) is 0 Å². The zero-order chi connectivity index (χ0) is 13.5. The smallest absolute Gasteiger partial charge is 0.373 e. The summed E-state index contributed by atoms with van der Waals surface area (Å²) in [4.78, 5) is 22.8. The van der Waals surface area contributed by atoms with Gasteiger partial charge in [-0.05, 0) is 19.1 Å². The molecule has 0 atom stereocenters. The van der Waals surface area contributed by atoms with Crippen LogP contribution in [0.5, 0.6) is 5.75 Å². The van der Waals surface area contributed by atoms with E-state index in [-0.39, 0.29) is 5.56 Å². The van der Waals surface area contributed by atoms with Crippen LogP contribution in [0.15, 0.2) is 36.1 Å². The van der Waals surface area contributed by atoms with Crippen molar-refractivity contribution in [2.24, 2.45) is 0 Å². The van der Waals surface area contributed by atoms with E-state index in [1.807, 2.05) is 0 Å². The maximum Gasteiger partial charge on any atom is 0.373 e. The lowest BCUT2D eigenvalue weighted by atomic mass is 10.1. The molecule has 0 fully saturated rings. The van der Waals surface area contributed by atoms with Crippen molar-refractivity contribution in [1.82, 2.24) is 0 Å². The molecule has 0 aromatic heterocycles. The molecule has 0 heterocycles. The number of aliphatic hydroxyl groups is 1. The van der Waals surface area contributed by atoms with Gasteiger partial charge in [0.25, 0.3) is 0 Å². The number of para-hydroxylation sites is 1. The number of carbonyl (C=O) groups excluding carboxylic acids is 2. The van der Waals surface area contributed by atoms with Gasteiger partial charge < -0.3 is 14.6 Å². The molecule has 0 radical (unpaired) electrons. The quantitative estimate of drug-likeness (QED) is 0.374. The highest BCUT2D eigenvalue weighted by Gasteiger charge is 2.14. The average molecular weight is 250 g/mol. The molecule has 1 aromatic rings. The lowest BCUT2D eigenvalue weighted by Crippen LogP contribution is -2.08. The number of aliphatic hydroxyl groups excluding tert-OH is 1. The van der Waals surface area contributed by atoms with Gasteiger partial charge in [-0.3, -0.25) is 4.79 Å². The lowest BCUT2D eigenvalue weighted by Gasteiger charge is -2.07. The highest BCUT2D eigenvalue weighted by Crippen LogP contribution is 2.19. The summed E-state index contributed by atoms with van der Waals surface area (Å²) in [5.41, 5.74) is 0.273. The van der Waals surface area contributed by atoms with Crippen LogP contribution in [0.1, 0.15) is 17.3 Å². The van der Waals surface area contributed by atoms with E-state index in [0.717, 1.165) is 13.2 Å². The van der Waals surface area contributed by atoms with Crippen molar-refractivity contribution >= 4 is 11.8 Å². The Morgan fingerprint density at radius 1 is 1.33 bits per heavy atom. The second kappa shape index (κ2) is 6.44. The monoisotopic (exact) mass is 250 g/mol. The van der Waals surface area contributed by atoms with Crippen LogP contribution in [0.4, 0.5) is 0 Å². The Labute approximate surface area is 105 Å². The number of ketones is 1. The van der Waals surface area contributed by atoms with Crippen molar-refractivity contribution in [3.63, 3.8) is 0 Å². The van der Waals surface area contributed by atoms with Crippen LogP contribution in [0.2, 0.25) is 0 Å². The van der Waals surface area contributed by atoms with E-state index >= 15 is 0 Å². The molecule has 1 N–H and O–H groups in total. The van der Waals surface area contributed by atoms with Gasteiger partial charge >= 0.3 is 5.97 Å². The van der Waals surface area contributed by atoms with E-state index in [1.165, 1.54) is 0 Å². The van der Waals surface area contributed by atoms with Gasteiger partial charge in [-0.1, -0.05) is 12.1 Å². The van der Waals surface area contributed by atoms with Gasteiger partial charge in [-0.25, -0.2) is 4.79 Å². The number of ether oxygens (including phenoxy) is 2. The molecule has 0 bridgehead atoms. The van der Waals surface area contributed by atoms with E-state index in [1.54, 1.807) is 31.2 Å². The molecule has 0 saturated carbocycles. The molecule has 18 heavy (non-hydrogen) atoms. The van der Waals surface area contributed by atoms with Gasteiger partial charge in [0.2, 0.25) is 5.76 Å². The van der Waals surface area contributed by atoms with Crippen LogP contribution in [0.25, 0.3) is 0 Å². The second-order valence-electron chi connectivity index (χ2n) is 3.31. The summed E-state index contributed by atoms with van der Waals surface area (Å²) in [6.07, 6.45) is 0.809. The first kappa shape index (κ1) is 13.8. The minimum Gasteiger partial charge on any atom is -0.502 e. The summed E-state index contributed by atoms with van der Waals surface area (Å²) >= 11 is 0. The maximum atomic E-state index is 11.8. The number of benzene rings is 1. The second-order valence-corrected chi connectivity index (χ2v) is 3.31. The normalized spacial score (nSPS) is 10.9. The van der Waals surface area contributed by atoms with E-state index in [0.29, 0.717) is 12.4 Å². The molecule has 5 heteroatoms. The minimum absolute atomic E-state index is 0.273. The molecule has 0 aliphatic heterocycles. The summed E-state index contributed by atoms with van der Waals surface area (Å²) in [6, 6.07) is 6.58. The van der Waals surface area contributed by atoms with Crippen LogP contribution in [-0.4, -0.2) is 30.6 Å². The van der Waals surface area contributed by atoms with Gasteiger partial charge in [0.1, 0.15) is 5.75 Å². The molecule has 5 nitrogen and oxygen atoms in total. The topological polar surface area (TPSA) is 72.8 Å². The minimum atomic E-state index is -0.961. The Morgan fingerprint density at radius 3 is 2.61 bits per heavy atom. The third-order valence-electron chi connectivity index (χ3n) is 2.11. The molecule has 96 valence electrons. The number of hydrogen-bond acceptors (Lipinski definition) is 5. The first-order valence-corrected chi connectivity index (χ1v) is 5.35. The fraction of sp³-hybridized carbons (Fsp3) is 0.231. The van der Waals surface area contributed by atoms with Crippen molar-refractivity contribution in [3.05, 3.63) is 41.7 Å². The molecule has 0 aliphatic carbocycles. The third kappa shape index (κ3) is 3.35. The van der Waals surface area contributed by atoms with Gasteiger partial charge in [0.05, 0.1) is 19.3 Å². The zero-order valence-electron chi connectivity index (χ0n) is 10.2.